The lowest BCUT2D eigenvalue weighted by molar-refractivity contribution is 0.249. The molecule has 12 heavy (non-hydrogen) atoms. The van der Waals surface area contributed by atoms with Crippen LogP contribution in [-0.2, 0) is 0 Å². The molecule has 0 spiro atoms. The number of nitrogens with one attached hydrogen (secondary N) is 1. The van der Waals surface area contributed by atoms with Gasteiger partial charge in [0.2, 0.25) is 0 Å². The third kappa shape index (κ3) is 2.31. The second kappa shape index (κ2) is 3.82. The molecule has 3 N–H and O–H groups in total. The van der Waals surface area contributed by atoms with E-state index in [1.807, 2.05) is 5.38 Å². The number of primary amides is 1. The first-order chi connectivity index (χ1) is 5.70. The molecular formula is C6H8N4OS. The minimum Gasteiger partial charge on any atom is -0.350 e. The van der Waals surface area contributed by atoms with Crippen molar-refractivity contribution in [1.82, 2.24) is 10.4 Å². The van der Waals surface area contributed by atoms with Crippen molar-refractivity contribution >= 4 is 23.1 Å². The summed E-state index contributed by atoms with van der Waals surface area (Å²) in [5, 5.41) is 5.54. The van der Waals surface area contributed by atoms with E-state index in [1.54, 1.807) is 12.4 Å². The molecule has 0 aliphatic heterocycles. The zero-order valence-corrected chi connectivity index (χ0v) is 7.26. The van der Waals surface area contributed by atoms with Crippen LogP contribution in [0, 0.1) is 0 Å². The number of hydrogen-bond donors (Lipinski definition) is 2. The molecule has 0 saturated heterocycles. The summed E-state index contributed by atoms with van der Waals surface area (Å²) in [4.78, 5) is 14.2. The van der Waals surface area contributed by atoms with E-state index >= 15 is 0 Å². The van der Waals surface area contributed by atoms with E-state index in [2.05, 4.69) is 15.5 Å². The van der Waals surface area contributed by atoms with Crippen molar-refractivity contribution in [2.24, 2.45) is 10.8 Å². The summed E-state index contributed by atoms with van der Waals surface area (Å²) < 4.78 is 0. The first kappa shape index (κ1) is 8.66. The number of hydrazone groups is 1. The van der Waals surface area contributed by atoms with Crippen LogP contribution in [0.25, 0.3) is 0 Å². The predicted octanol–water partition coefficient (Wildman–Crippen LogP) is 0.535. The number of urea groups is 1. The van der Waals surface area contributed by atoms with Crippen molar-refractivity contribution in [3.63, 3.8) is 0 Å². The average molecular weight is 184 g/mol. The van der Waals surface area contributed by atoms with Crippen molar-refractivity contribution in [3.05, 3.63) is 16.6 Å². The normalized spacial score (nSPS) is 11.2. The fraction of sp³-hybridized carbons (Fsp3) is 0.167. The fourth-order valence-electron chi connectivity index (χ4n) is 0.587. The van der Waals surface area contributed by atoms with Crippen molar-refractivity contribution < 1.29 is 4.79 Å². The quantitative estimate of drug-likeness (QED) is 0.519. The zero-order chi connectivity index (χ0) is 8.97. The van der Waals surface area contributed by atoms with Crippen LogP contribution in [0.1, 0.15) is 12.6 Å². The van der Waals surface area contributed by atoms with Gasteiger partial charge in [-0.2, -0.15) is 5.10 Å². The highest BCUT2D eigenvalue weighted by molar-refractivity contribution is 7.07. The Kier molecular flexibility index (Phi) is 2.76. The minimum atomic E-state index is -0.676. The van der Waals surface area contributed by atoms with Gasteiger partial charge in [-0.1, -0.05) is 0 Å². The number of hydrogen-bond acceptors (Lipinski definition) is 4. The van der Waals surface area contributed by atoms with Crippen LogP contribution in [0.3, 0.4) is 0 Å². The number of rotatable bonds is 2. The van der Waals surface area contributed by atoms with Crippen molar-refractivity contribution in [1.29, 1.82) is 0 Å². The molecule has 0 unspecified atom stereocenters. The Morgan fingerprint density at radius 1 is 1.83 bits per heavy atom. The largest absolute Gasteiger partial charge is 0.350 e. The molecule has 0 atom stereocenters. The van der Waals surface area contributed by atoms with E-state index < -0.39 is 6.03 Å². The Labute approximate surface area is 73.3 Å². The summed E-state index contributed by atoms with van der Waals surface area (Å²) in [6, 6.07) is -0.676. The lowest BCUT2D eigenvalue weighted by atomic mass is 10.3. The Hall–Kier alpha value is -1.43. The van der Waals surface area contributed by atoms with Gasteiger partial charge in [0.15, 0.2) is 0 Å². The minimum absolute atomic E-state index is 0.634. The summed E-state index contributed by atoms with van der Waals surface area (Å²) in [6.45, 7) is 1.74. The molecule has 6 heteroatoms. The van der Waals surface area contributed by atoms with Crippen LogP contribution in [0.2, 0.25) is 0 Å². The van der Waals surface area contributed by atoms with Gasteiger partial charge in [-0.15, -0.1) is 11.3 Å². The molecule has 5 nitrogen and oxygen atoms in total. The van der Waals surface area contributed by atoms with Crippen LogP contribution in [0.4, 0.5) is 4.79 Å². The van der Waals surface area contributed by atoms with Gasteiger partial charge in [0.1, 0.15) is 0 Å². The maximum Gasteiger partial charge on any atom is 0.332 e. The van der Waals surface area contributed by atoms with Crippen LogP contribution >= 0.6 is 11.3 Å². The summed E-state index contributed by atoms with van der Waals surface area (Å²) in [6.07, 6.45) is 0. The molecule has 0 bridgehead atoms. The number of carbonyl (C=O) groups excluding carboxylic acids is 1. The Bertz CT molecular complexity index is 293. The highest BCUT2D eigenvalue weighted by Gasteiger charge is 1.98. The number of nitrogens with zero attached hydrogens (tertiary/aromatic N) is 2. The summed E-state index contributed by atoms with van der Waals surface area (Å²) in [5.74, 6) is 0. The van der Waals surface area contributed by atoms with Crippen LogP contribution in [0.5, 0.6) is 0 Å². The van der Waals surface area contributed by atoms with Gasteiger partial charge < -0.3 is 5.73 Å². The molecule has 64 valence electrons. The van der Waals surface area contributed by atoms with Gasteiger partial charge in [-0.25, -0.2) is 15.2 Å². The Morgan fingerprint density at radius 2 is 2.58 bits per heavy atom. The zero-order valence-electron chi connectivity index (χ0n) is 6.44. The van der Waals surface area contributed by atoms with Crippen LogP contribution < -0.4 is 11.2 Å². The van der Waals surface area contributed by atoms with Gasteiger partial charge in [0.05, 0.1) is 16.9 Å². The maximum atomic E-state index is 10.3. The monoisotopic (exact) mass is 184 g/mol. The van der Waals surface area contributed by atoms with E-state index in [9.17, 15) is 4.79 Å². The second-order valence-corrected chi connectivity index (χ2v) is 2.77. The summed E-state index contributed by atoms with van der Waals surface area (Å²) in [5.41, 5.74) is 10.0. The van der Waals surface area contributed by atoms with Crippen molar-refractivity contribution in [3.8, 4) is 0 Å². The third-order valence-electron chi connectivity index (χ3n) is 1.14. The van der Waals surface area contributed by atoms with Gasteiger partial charge in [-0.3, -0.25) is 0 Å². The second-order valence-electron chi connectivity index (χ2n) is 2.05. The van der Waals surface area contributed by atoms with Gasteiger partial charge in [-0.05, 0) is 6.92 Å². The van der Waals surface area contributed by atoms with E-state index in [1.165, 1.54) is 11.3 Å². The number of thiazole rings is 1. The number of carbonyl (C=O) groups is 1. The molecule has 0 aromatic carbocycles. The van der Waals surface area contributed by atoms with Gasteiger partial charge >= 0.3 is 6.03 Å². The number of aromatic nitrogens is 1. The molecule has 1 aromatic rings. The molecule has 0 radical (unpaired) electrons. The maximum absolute atomic E-state index is 10.3. The van der Waals surface area contributed by atoms with E-state index in [0.29, 0.717) is 5.71 Å². The lowest BCUT2D eigenvalue weighted by Crippen LogP contribution is -2.25. The van der Waals surface area contributed by atoms with Crippen molar-refractivity contribution in [2.45, 2.75) is 6.92 Å². The summed E-state index contributed by atoms with van der Waals surface area (Å²) >= 11 is 1.47. The van der Waals surface area contributed by atoms with Crippen LogP contribution in [0.15, 0.2) is 16.0 Å². The Morgan fingerprint density at radius 3 is 3.08 bits per heavy atom. The highest BCUT2D eigenvalue weighted by atomic mass is 32.1. The molecule has 1 heterocycles. The lowest BCUT2D eigenvalue weighted by Gasteiger charge is -1.94. The standard InChI is InChI=1S/C6H8N4OS/c1-4(9-10-6(7)11)5-2-12-3-8-5/h2-3H,1H3,(H3,7,10,11)/b9-4+. The number of nitrogens with two attached hydrogens (primary N) is 1. The van der Waals surface area contributed by atoms with Gasteiger partial charge in [0.25, 0.3) is 0 Å². The topological polar surface area (TPSA) is 80.4 Å². The molecule has 0 aliphatic carbocycles. The Balaban J connectivity index is 2.65. The first-order valence-corrected chi connectivity index (χ1v) is 4.12. The average Bonchev–Trinajstić information content (AvgIpc) is 2.51. The SMILES string of the molecule is C/C(=N\NC(N)=O)c1cscn1. The molecule has 0 aliphatic rings. The molecule has 2 amide bonds. The molecule has 0 fully saturated rings. The molecule has 1 aromatic heterocycles. The van der Waals surface area contributed by atoms with E-state index in [0.717, 1.165) is 5.69 Å². The molecule has 0 saturated carbocycles. The third-order valence-corrected chi connectivity index (χ3v) is 1.72. The fourth-order valence-corrected chi connectivity index (χ4v) is 1.18. The van der Waals surface area contributed by atoms with Crippen molar-refractivity contribution in [2.75, 3.05) is 0 Å². The van der Waals surface area contributed by atoms with E-state index in [-0.39, 0.29) is 0 Å². The highest BCUT2D eigenvalue weighted by Crippen LogP contribution is 2.01. The van der Waals surface area contributed by atoms with Crippen LogP contribution in [-0.4, -0.2) is 16.7 Å². The smallest absolute Gasteiger partial charge is 0.332 e. The molecular weight excluding hydrogens is 176 g/mol. The predicted molar refractivity (Wildman–Crippen MR) is 47.0 cm³/mol. The van der Waals surface area contributed by atoms with Gasteiger partial charge in [0, 0.05) is 5.38 Å². The number of amides is 2. The first-order valence-electron chi connectivity index (χ1n) is 3.18. The molecule has 1 rings (SSSR count). The van der Waals surface area contributed by atoms with E-state index in [4.69, 9.17) is 5.73 Å². The summed E-state index contributed by atoms with van der Waals surface area (Å²) in [7, 11) is 0.